The Kier molecular flexibility index (Phi) is 8.27. The SMILES string of the molecule is O=C(NC[C@H](C(=O)Nc1ccc(N2CCOCC2=O)cc1C(F)F)N(CC1CC1)C1CC1)c1ccc(Cl)s1. The van der Waals surface area contributed by atoms with Gasteiger partial charge in [-0.2, -0.15) is 0 Å². The van der Waals surface area contributed by atoms with Crippen LogP contribution in [0.5, 0.6) is 0 Å². The van der Waals surface area contributed by atoms with E-state index in [1.54, 1.807) is 18.2 Å². The average molecular weight is 567 g/mol. The molecular formula is C26H29ClF2N4O4S. The quantitative estimate of drug-likeness (QED) is 0.423. The first kappa shape index (κ1) is 27.0. The number of hydrogen-bond donors (Lipinski definition) is 2. The van der Waals surface area contributed by atoms with E-state index >= 15 is 0 Å². The Hall–Kier alpha value is -2.60. The van der Waals surface area contributed by atoms with Gasteiger partial charge in [-0.15, -0.1) is 11.3 Å². The zero-order valence-electron chi connectivity index (χ0n) is 20.6. The standard InChI is InChI=1S/C26H29ClF2N4O4S/c27-22-8-7-21(38-22)26(36)30-12-20(33(16-3-4-16)13-15-1-2-15)25(35)31-19-6-5-17(11-18(19)24(28)29)32-9-10-37-14-23(32)34/h5-8,11,15-16,20,24H,1-4,9-10,12-14H2,(H,30,36)(H,31,35)/t20-/m1/s1. The van der Waals surface area contributed by atoms with Gasteiger partial charge in [0.25, 0.3) is 18.2 Å². The van der Waals surface area contributed by atoms with Crippen molar-refractivity contribution in [2.45, 2.75) is 44.2 Å². The molecule has 8 nitrogen and oxygen atoms in total. The van der Waals surface area contributed by atoms with Crippen LogP contribution in [0.25, 0.3) is 0 Å². The molecule has 0 spiro atoms. The molecule has 0 unspecified atom stereocenters. The highest BCUT2D eigenvalue weighted by Crippen LogP contribution is 2.37. The zero-order chi connectivity index (χ0) is 26.8. The maximum Gasteiger partial charge on any atom is 0.265 e. The fourth-order valence-corrected chi connectivity index (χ4v) is 5.59. The van der Waals surface area contributed by atoms with Crippen molar-refractivity contribution in [3.05, 3.63) is 45.1 Å². The predicted octanol–water partition coefficient (Wildman–Crippen LogP) is 4.31. The molecule has 2 heterocycles. The molecule has 3 aliphatic rings. The lowest BCUT2D eigenvalue weighted by molar-refractivity contribution is -0.125. The molecule has 0 bridgehead atoms. The molecule has 12 heteroatoms. The summed E-state index contributed by atoms with van der Waals surface area (Å²) in [7, 11) is 0. The molecule has 204 valence electrons. The topological polar surface area (TPSA) is 91.0 Å². The summed E-state index contributed by atoms with van der Waals surface area (Å²) in [5, 5.41) is 5.54. The van der Waals surface area contributed by atoms with Gasteiger partial charge < -0.3 is 20.3 Å². The Labute approximate surface area is 228 Å². The highest BCUT2D eigenvalue weighted by molar-refractivity contribution is 7.18. The Morgan fingerprint density at radius 3 is 2.61 bits per heavy atom. The number of carbonyl (C=O) groups excluding carboxylic acids is 3. The van der Waals surface area contributed by atoms with E-state index in [0.717, 1.165) is 43.6 Å². The van der Waals surface area contributed by atoms with Gasteiger partial charge in [0.15, 0.2) is 0 Å². The fourth-order valence-electron chi connectivity index (χ4n) is 4.63. The molecule has 1 atom stereocenters. The lowest BCUT2D eigenvalue weighted by atomic mass is 10.1. The van der Waals surface area contributed by atoms with Crippen molar-refractivity contribution in [2.24, 2.45) is 5.92 Å². The van der Waals surface area contributed by atoms with Crippen molar-refractivity contribution in [1.82, 2.24) is 10.2 Å². The van der Waals surface area contributed by atoms with Crippen molar-refractivity contribution < 1.29 is 27.9 Å². The van der Waals surface area contributed by atoms with Crippen molar-refractivity contribution in [1.29, 1.82) is 0 Å². The molecule has 2 aliphatic carbocycles. The number of ether oxygens (including phenoxy) is 1. The normalized spacial score (nSPS) is 18.7. The van der Waals surface area contributed by atoms with E-state index < -0.39 is 18.4 Å². The van der Waals surface area contributed by atoms with Crippen LogP contribution in [0.2, 0.25) is 4.34 Å². The Bertz CT molecular complexity index is 1200. The van der Waals surface area contributed by atoms with Gasteiger partial charge in [0, 0.05) is 42.6 Å². The van der Waals surface area contributed by atoms with E-state index in [1.165, 1.54) is 17.0 Å². The summed E-state index contributed by atoms with van der Waals surface area (Å²) in [5.41, 5.74) is -0.0531. The van der Waals surface area contributed by atoms with Crippen LogP contribution in [0.3, 0.4) is 0 Å². The molecule has 5 rings (SSSR count). The van der Waals surface area contributed by atoms with Crippen LogP contribution in [-0.4, -0.2) is 67.6 Å². The van der Waals surface area contributed by atoms with Crippen molar-refractivity contribution in [3.63, 3.8) is 0 Å². The van der Waals surface area contributed by atoms with Crippen molar-refractivity contribution in [2.75, 3.05) is 43.1 Å². The number of anilines is 2. The minimum Gasteiger partial charge on any atom is -0.370 e. The van der Waals surface area contributed by atoms with Gasteiger partial charge in [-0.1, -0.05) is 11.6 Å². The number of thiophene rings is 1. The summed E-state index contributed by atoms with van der Waals surface area (Å²) >= 11 is 7.10. The van der Waals surface area contributed by atoms with Crippen LogP contribution in [0.1, 0.15) is 47.3 Å². The molecule has 1 aromatic carbocycles. The Morgan fingerprint density at radius 1 is 1.18 bits per heavy atom. The minimum atomic E-state index is -2.87. The van der Waals surface area contributed by atoms with Gasteiger partial charge in [-0.05, 0) is 61.9 Å². The largest absolute Gasteiger partial charge is 0.370 e. The third-order valence-corrected chi connectivity index (χ3v) is 8.19. The van der Waals surface area contributed by atoms with Crippen LogP contribution in [0.4, 0.5) is 20.2 Å². The summed E-state index contributed by atoms with van der Waals surface area (Å²) in [6.07, 6.45) is 1.23. The maximum absolute atomic E-state index is 14.1. The molecule has 38 heavy (non-hydrogen) atoms. The molecule has 0 radical (unpaired) electrons. The molecular weight excluding hydrogens is 538 g/mol. The monoisotopic (exact) mass is 566 g/mol. The zero-order valence-corrected chi connectivity index (χ0v) is 22.2. The number of morpholine rings is 1. The molecule has 1 saturated heterocycles. The summed E-state index contributed by atoms with van der Waals surface area (Å²) in [4.78, 5) is 42.4. The highest BCUT2D eigenvalue weighted by atomic mass is 35.5. The van der Waals surface area contributed by atoms with E-state index in [-0.39, 0.29) is 48.8 Å². The van der Waals surface area contributed by atoms with Gasteiger partial charge in [0.05, 0.1) is 15.8 Å². The van der Waals surface area contributed by atoms with Gasteiger partial charge >= 0.3 is 0 Å². The summed E-state index contributed by atoms with van der Waals surface area (Å²) in [5.74, 6) is -0.607. The first-order chi connectivity index (χ1) is 18.3. The molecule has 2 aromatic rings. The molecule has 3 fully saturated rings. The summed E-state index contributed by atoms with van der Waals surface area (Å²) in [6, 6.07) is 6.94. The second-order valence-corrected chi connectivity index (χ2v) is 11.6. The average Bonchev–Trinajstić information content (AvgIpc) is 3.83. The van der Waals surface area contributed by atoms with E-state index in [0.29, 0.717) is 27.4 Å². The minimum absolute atomic E-state index is 0.0157. The lowest BCUT2D eigenvalue weighted by Crippen LogP contribution is -2.52. The summed E-state index contributed by atoms with van der Waals surface area (Å²) < 4.78 is 33.8. The van der Waals surface area contributed by atoms with Crippen LogP contribution in [0, 0.1) is 5.92 Å². The Morgan fingerprint density at radius 2 is 1.97 bits per heavy atom. The van der Waals surface area contributed by atoms with Gasteiger partial charge in [-0.25, -0.2) is 8.78 Å². The molecule has 3 amide bonds. The first-order valence-corrected chi connectivity index (χ1v) is 13.9. The molecule has 2 N–H and O–H groups in total. The van der Waals surface area contributed by atoms with Crippen molar-refractivity contribution in [3.8, 4) is 0 Å². The third kappa shape index (κ3) is 6.51. The smallest absolute Gasteiger partial charge is 0.265 e. The van der Waals surface area contributed by atoms with Gasteiger partial charge in [0.1, 0.15) is 12.6 Å². The number of alkyl halides is 2. The number of carbonyl (C=O) groups is 3. The van der Waals surface area contributed by atoms with E-state index in [9.17, 15) is 23.2 Å². The molecule has 1 aliphatic heterocycles. The van der Waals surface area contributed by atoms with Crippen molar-refractivity contribution >= 4 is 52.0 Å². The maximum atomic E-state index is 14.1. The van der Waals surface area contributed by atoms with Gasteiger partial charge in [0.2, 0.25) is 5.91 Å². The molecule has 2 saturated carbocycles. The number of hydrogen-bond acceptors (Lipinski definition) is 6. The second-order valence-electron chi connectivity index (χ2n) is 9.86. The number of nitrogens with one attached hydrogen (secondary N) is 2. The van der Waals surface area contributed by atoms with E-state index in [2.05, 4.69) is 15.5 Å². The fraction of sp³-hybridized carbons (Fsp3) is 0.500. The molecule has 1 aromatic heterocycles. The Balaban J connectivity index is 1.35. The van der Waals surface area contributed by atoms with Gasteiger partial charge in [-0.3, -0.25) is 19.3 Å². The number of benzene rings is 1. The van der Waals surface area contributed by atoms with Crippen LogP contribution in [-0.2, 0) is 14.3 Å². The number of halogens is 3. The summed E-state index contributed by atoms with van der Waals surface area (Å²) in [6.45, 7) is 1.24. The number of amides is 3. The van der Waals surface area contributed by atoms with Crippen LogP contribution < -0.4 is 15.5 Å². The van der Waals surface area contributed by atoms with E-state index in [4.69, 9.17) is 16.3 Å². The number of rotatable bonds is 11. The third-order valence-electron chi connectivity index (χ3n) is 6.96. The number of nitrogens with zero attached hydrogens (tertiary/aromatic N) is 2. The second kappa shape index (κ2) is 11.6. The van der Waals surface area contributed by atoms with Crippen LogP contribution in [0.15, 0.2) is 30.3 Å². The highest BCUT2D eigenvalue weighted by Gasteiger charge is 2.40. The predicted molar refractivity (Wildman–Crippen MR) is 141 cm³/mol. The van der Waals surface area contributed by atoms with E-state index in [1.807, 2.05) is 0 Å². The van der Waals surface area contributed by atoms with Crippen LogP contribution >= 0.6 is 22.9 Å². The lowest BCUT2D eigenvalue weighted by Gasteiger charge is -2.31. The first-order valence-electron chi connectivity index (χ1n) is 12.7.